The number of nitrogens with zero attached hydrogens (tertiary/aromatic N) is 5. The zero-order valence-electron chi connectivity index (χ0n) is 24.7. The molecule has 224 valence electrons. The van der Waals surface area contributed by atoms with Crippen LogP contribution in [0.2, 0.25) is 0 Å². The molecule has 0 bridgehead atoms. The van der Waals surface area contributed by atoms with E-state index in [1.54, 1.807) is 0 Å². The molecule has 6 rings (SSSR count). The summed E-state index contributed by atoms with van der Waals surface area (Å²) in [7, 11) is 2.12. The number of thiophene rings is 1. The van der Waals surface area contributed by atoms with Crippen LogP contribution in [-0.2, 0) is 6.42 Å². The number of aliphatic hydroxyl groups excluding tert-OH is 1. The van der Waals surface area contributed by atoms with Gasteiger partial charge in [-0.3, -0.25) is 0 Å². The number of anilines is 2. The maximum Gasteiger partial charge on any atom is 0.319 e. The van der Waals surface area contributed by atoms with Gasteiger partial charge in [-0.2, -0.15) is 15.2 Å². The van der Waals surface area contributed by atoms with Gasteiger partial charge < -0.3 is 36.1 Å². The minimum Gasteiger partial charge on any atom is -0.505 e. The first-order valence-corrected chi connectivity index (χ1v) is 16.2. The van der Waals surface area contributed by atoms with Crippen LogP contribution < -0.4 is 20.7 Å². The van der Waals surface area contributed by atoms with Crippen molar-refractivity contribution in [2.24, 2.45) is 0 Å². The summed E-state index contributed by atoms with van der Waals surface area (Å²) in [6, 6.07) is 4.71. The van der Waals surface area contributed by atoms with Gasteiger partial charge in [0.2, 0.25) is 0 Å². The Morgan fingerprint density at radius 3 is 2.86 bits per heavy atom. The number of nitriles is 1. The van der Waals surface area contributed by atoms with Crippen LogP contribution in [-0.4, -0.2) is 77.1 Å². The van der Waals surface area contributed by atoms with Crippen LogP contribution in [0.5, 0.6) is 6.01 Å². The van der Waals surface area contributed by atoms with E-state index in [9.17, 15) is 15.8 Å². The van der Waals surface area contributed by atoms with Crippen molar-refractivity contribution in [1.82, 2.24) is 20.2 Å². The number of nitrogens with one attached hydrogen (secondary N) is 2. The number of allylic oxidation sites excluding steroid dienone is 1. The van der Waals surface area contributed by atoms with Crippen LogP contribution in [0, 0.1) is 16.7 Å². The molecule has 2 atom stereocenters. The fourth-order valence-electron chi connectivity index (χ4n) is 6.83. The molecule has 0 aromatic carbocycles. The van der Waals surface area contributed by atoms with Gasteiger partial charge in [0.1, 0.15) is 34.9 Å². The van der Waals surface area contributed by atoms with Crippen LogP contribution in [0.1, 0.15) is 85.9 Å². The summed E-state index contributed by atoms with van der Waals surface area (Å²) in [6.45, 7) is 6.15. The van der Waals surface area contributed by atoms with E-state index >= 15 is 0 Å². The monoisotopic (exact) mass is 590 g/mol. The summed E-state index contributed by atoms with van der Waals surface area (Å²) in [5.74, 6) is 0.464. The zero-order chi connectivity index (χ0) is 29.4. The number of aromatic nitrogens is 2. The highest BCUT2D eigenvalue weighted by atomic mass is 32.1. The maximum absolute atomic E-state index is 11.8. The van der Waals surface area contributed by atoms with Crippen LogP contribution in [0.4, 0.5) is 10.8 Å². The predicted octanol–water partition coefficient (Wildman–Crippen LogP) is 4.62. The Hall–Kier alpha value is -3.20. The number of fused-ring (bicyclic) bond motifs is 1. The summed E-state index contributed by atoms with van der Waals surface area (Å²) >= 11 is 1.46. The number of aliphatic hydroxyl groups is 1. The third kappa shape index (κ3) is 5.60. The average Bonchev–Trinajstić information content (AvgIpc) is 3.45. The van der Waals surface area contributed by atoms with Gasteiger partial charge in [0.25, 0.3) is 0 Å². The van der Waals surface area contributed by atoms with Crippen LogP contribution in [0.3, 0.4) is 0 Å². The van der Waals surface area contributed by atoms with E-state index in [4.69, 9.17) is 20.4 Å². The Morgan fingerprint density at radius 1 is 1.31 bits per heavy atom. The first kappa shape index (κ1) is 28.9. The third-order valence-electron chi connectivity index (χ3n) is 9.43. The molecule has 1 spiro atoms. The van der Waals surface area contributed by atoms with Crippen molar-refractivity contribution in [3.63, 3.8) is 0 Å². The standard InChI is InChI=1S/C31H42N8O2S/c1-3-6-21(27(33)20-8-4-9-24-26(20)22(16-32)29(34)42-24)28(40)23-15-25(39-14-12-35-31(18-39)10-11-31)37-30(36-23)41-17-19-7-5-13-38(19)2/h15,19-20,33,35,40H,3-14,17-18,34H2,1-2H3/b28-21-,33-27?/t19-,20-/m0/s1. The van der Waals surface area contributed by atoms with Gasteiger partial charge in [-0.05, 0) is 70.5 Å². The summed E-state index contributed by atoms with van der Waals surface area (Å²) in [6.07, 6.45) is 8.36. The fraction of sp³-hybridized carbons (Fsp3) is 0.613. The van der Waals surface area contributed by atoms with Crippen molar-refractivity contribution in [1.29, 1.82) is 10.7 Å². The molecule has 0 unspecified atom stereocenters. The average molecular weight is 591 g/mol. The minimum atomic E-state index is -0.279. The van der Waals surface area contributed by atoms with E-state index in [1.807, 2.05) is 13.0 Å². The number of likely N-dealkylation sites (tertiary alicyclic amines) is 1. The molecule has 4 aliphatic rings. The number of rotatable bonds is 9. The molecule has 0 radical (unpaired) electrons. The molecule has 4 heterocycles. The van der Waals surface area contributed by atoms with Gasteiger partial charge in [0, 0.05) is 59.4 Å². The Bertz CT molecular complexity index is 1420. The van der Waals surface area contributed by atoms with Gasteiger partial charge in [-0.1, -0.05) is 13.3 Å². The molecule has 2 aliphatic heterocycles. The number of piperazine rings is 1. The lowest BCUT2D eigenvalue weighted by Gasteiger charge is -2.35. The van der Waals surface area contributed by atoms with Crippen LogP contribution in [0.15, 0.2) is 11.6 Å². The summed E-state index contributed by atoms with van der Waals surface area (Å²) < 4.78 is 6.20. The van der Waals surface area contributed by atoms with E-state index in [-0.39, 0.29) is 23.2 Å². The number of nitrogen functional groups attached to an aromatic ring is 1. The van der Waals surface area contributed by atoms with Gasteiger partial charge in [-0.25, -0.2) is 0 Å². The third-order valence-corrected chi connectivity index (χ3v) is 10.5. The molecule has 2 aromatic rings. The molecule has 0 amide bonds. The maximum atomic E-state index is 11.8. The quantitative estimate of drug-likeness (QED) is 0.243. The van der Waals surface area contributed by atoms with Gasteiger partial charge in [-0.15, -0.1) is 11.3 Å². The number of hydrogen-bond donors (Lipinski definition) is 4. The van der Waals surface area contributed by atoms with Crippen molar-refractivity contribution in [2.75, 3.05) is 50.5 Å². The van der Waals surface area contributed by atoms with Crippen molar-refractivity contribution < 1.29 is 9.84 Å². The molecular formula is C31H42N8O2S. The Balaban J connectivity index is 1.36. The SMILES string of the molecule is CCC/C(C(=N)[C@H]1CCCc2sc(N)c(C#N)c21)=C(/O)c1cc(N2CCNC3(CC3)C2)nc(OC[C@@H]2CCCN2C)n1. The second-order valence-electron chi connectivity index (χ2n) is 12.3. The van der Waals surface area contributed by atoms with Crippen molar-refractivity contribution in [3.05, 3.63) is 33.3 Å². The first-order chi connectivity index (χ1) is 20.3. The van der Waals surface area contributed by atoms with Gasteiger partial charge >= 0.3 is 6.01 Å². The molecule has 10 nitrogen and oxygen atoms in total. The molecule has 42 heavy (non-hydrogen) atoms. The highest BCUT2D eigenvalue weighted by Crippen LogP contribution is 2.44. The Labute approximate surface area is 252 Å². The predicted molar refractivity (Wildman–Crippen MR) is 167 cm³/mol. The van der Waals surface area contributed by atoms with E-state index in [0.717, 1.165) is 93.8 Å². The fourth-order valence-corrected chi connectivity index (χ4v) is 7.96. The van der Waals surface area contributed by atoms with E-state index < -0.39 is 0 Å². The van der Waals surface area contributed by atoms with Crippen LogP contribution in [0.25, 0.3) is 5.76 Å². The lowest BCUT2D eigenvalue weighted by atomic mass is 9.79. The molecule has 2 saturated heterocycles. The number of nitrogens with two attached hydrogens (primary N) is 1. The number of ether oxygens (including phenoxy) is 1. The molecule has 2 aromatic heterocycles. The van der Waals surface area contributed by atoms with Crippen molar-refractivity contribution in [3.8, 4) is 12.1 Å². The lowest BCUT2D eigenvalue weighted by Crippen LogP contribution is -2.52. The number of hydrogen-bond acceptors (Lipinski definition) is 11. The summed E-state index contributed by atoms with van der Waals surface area (Å²) in [5.41, 5.74) is 9.03. The van der Waals surface area contributed by atoms with Crippen molar-refractivity contribution >= 4 is 33.6 Å². The molecule has 1 saturated carbocycles. The first-order valence-electron chi connectivity index (χ1n) is 15.4. The number of aryl methyl sites for hydroxylation is 1. The highest BCUT2D eigenvalue weighted by molar-refractivity contribution is 7.16. The summed E-state index contributed by atoms with van der Waals surface area (Å²) in [5, 5.41) is 35.2. The van der Waals surface area contributed by atoms with E-state index in [2.05, 4.69) is 28.2 Å². The normalized spacial score (nSPS) is 23.8. The largest absolute Gasteiger partial charge is 0.505 e. The Kier molecular flexibility index (Phi) is 8.13. The smallest absolute Gasteiger partial charge is 0.319 e. The van der Waals surface area contributed by atoms with Crippen LogP contribution >= 0.6 is 11.3 Å². The topological polar surface area (TPSA) is 147 Å². The lowest BCUT2D eigenvalue weighted by molar-refractivity contribution is 0.187. The number of likely N-dealkylation sites (N-methyl/N-ethyl adjacent to an activating group) is 1. The molecule has 3 fully saturated rings. The van der Waals surface area contributed by atoms with Crippen molar-refractivity contribution in [2.45, 2.75) is 82.2 Å². The second kappa shape index (κ2) is 11.8. The van der Waals surface area contributed by atoms with E-state index in [0.29, 0.717) is 46.6 Å². The summed E-state index contributed by atoms with van der Waals surface area (Å²) in [4.78, 5) is 15.2. The highest BCUT2D eigenvalue weighted by Gasteiger charge is 2.46. The molecule has 5 N–H and O–H groups in total. The second-order valence-corrected chi connectivity index (χ2v) is 13.5. The minimum absolute atomic E-state index is 0.00145. The Morgan fingerprint density at radius 2 is 2.14 bits per heavy atom. The zero-order valence-corrected chi connectivity index (χ0v) is 25.5. The molecular weight excluding hydrogens is 548 g/mol. The van der Waals surface area contributed by atoms with Gasteiger partial charge in [0.15, 0.2) is 0 Å². The van der Waals surface area contributed by atoms with E-state index in [1.165, 1.54) is 11.3 Å². The van der Waals surface area contributed by atoms with Gasteiger partial charge in [0.05, 0.1) is 5.56 Å². The molecule has 2 aliphatic carbocycles. The molecule has 11 heteroatoms.